The molecule has 0 aliphatic carbocycles. The van der Waals surface area contributed by atoms with Gasteiger partial charge in [0.2, 0.25) is 0 Å². The molecule has 3 aromatic rings. The van der Waals surface area contributed by atoms with Gasteiger partial charge in [0.15, 0.2) is 0 Å². The molecule has 0 radical (unpaired) electrons. The lowest BCUT2D eigenvalue weighted by molar-refractivity contribution is -0.184. The van der Waals surface area contributed by atoms with E-state index in [1.54, 1.807) is 16.4 Å². The molecule has 0 aromatic heterocycles. The summed E-state index contributed by atoms with van der Waals surface area (Å²) in [6, 6.07) is 11.6. The topological polar surface area (TPSA) is 164 Å². The summed E-state index contributed by atoms with van der Waals surface area (Å²) in [5.41, 5.74) is 17.4. The summed E-state index contributed by atoms with van der Waals surface area (Å²) in [4.78, 5) is 16.5. The van der Waals surface area contributed by atoms with Crippen molar-refractivity contribution >= 4 is 25.8 Å². The number of carbonyl (C=O) groups is 1. The molecule has 66 heavy (non-hydrogen) atoms. The Hall–Kier alpha value is -4.26. The molecule has 0 saturated carbocycles. The van der Waals surface area contributed by atoms with Crippen LogP contribution in [0.25, 0.3) is 0 Å². The lowest BCUT2D eigenvalue weighted by Gasteiger charge is -2.39. The summed E-state index contributed by atoms with van der Waals surface area (Å²) in [5, 5.41) is 0. The number of halogens is 7. The molecular weight excluding hydrogens is 920 g/mol. The van der Waals surface area contributed by atoms with E-state index in [9.17, 15) is 48.2 Å². The highest BCUT2D eigenvalue weighted by Gasteiger charge is 2.47. The average molecular weight is 970 g/mol. The van der Waals surface area contributed by atoms with E-state index in [-0.39, 0.29) is 47.8 Å². The standard InChI is InChI=1S/C25H30F2N4O4S2.C19H20F5N3O2/c1-16-3-6-21(7-4-16)37(33,34)29-36(2,32)31-13-17-11-30(12-18(17)14-31)20-10-24(28)25(35-15-20)22-9-19(26)5-8-23(22)27;20-12-1-2-15(21)14(3-12)17-16(25)4-13(9-29-17)26-5-10-7-27(8-11(10)6-26)18(28)19(22,23)24/h3-9,20,24-25H,10-15,28H2,1-2H3;1-3,13,16-17H,4-9,25H2/t20-,24+,25-,36?;13-,16+,17-/m11/s1. The first-order chi connectivity index (χ1) is 31.1. The molecule has 7 atom stereocenters. The Morgan fingerprint density at radius 3 is 1.50 bits per heavy atom. The lowest BCUT2D eigenvalue weighted by atomic mass is 9.93. The van der Waals surface area contributed by atoms with E-state index in [1.807, 2.05) is 6.92 Å². The largest absolute Gasteiger partial charge is 0.471 e. The fraction of sp³-hybridized carbons (Fsp3) is 0.477. The van der Waals surface area contributed by atoms with Crippen LogP contribution in [0.15, 0.2) is 91.6 Å². The summed E-state index contributed by atoms with van der Waals surface area (Å²) >= 11 is 0. The highest BCUT2D eigenvalue weighted by molar-refractivity contribution is 8.01. The molecule has 22 heteroatoms. The zero-order valence-electron chi connectivity index (χ0n) is 36.0. The third-order valence-corrected chi connectivity index (χ3v) is 17.0. The number of hydrogen-bond donors (Lipinski definition) is 2. The molecule has 6 aliphatic rings. The summed E-state index contributed by atoms with van der Waals surface area (Å²) in [7, 11) is -7.23. The molecule has 0 bridgehead atoms. The van der Waals surface area contributed by atoms with Crippen LogP contribution in [0.5, 0.6) is 0 Å². The zero-order chi connectivity index (χ0) is 47.5. The van der Waals surface area contributed by atoms with Gasteiger partial charge in [0.1, 0.15) is 45.4 Å². The van der Waals surface area contributed by atoms with Crippen molar-refractivity contribution in [2.45, 2.75) is 67.2 Å². The van der Waals surface area contributed by atoms with E-state index in [4.69, 9.17) is 20.9 Å². The van der Waals surface area contributed by atoms with Crippen LogP contribution in [-0.4, -0.2) is 140 Å². The summed E-state index contributed by atoms with van der Waals surface area (Å²) in [6.07, 6.45) is -3.95. The Morgan fingerprint density at radius 2 is 1.09 bits per heavy atom. The maximum atomic E-state index is 14.2. The number of alkyl halides is 3. The van der Waals surface area contributed by atoms with Crippen LogP contribution >= 0.6 is 0 Å². The maximum Gasteiger partial charge on any atom is 0.471 e. The van der Waals surface area contributed by atoms with E-state index in [2.05, 4.69) is 13.6 Å². The predicted molar refractivity (Wildman–Crippen MR) is 229 cm³/mol. The molecule has 358 valence electrons. The Labute approximate surface area is 378 Å². The van der Waals surface area contributed by atoms with Gasteiger partial charge in [-0.1, -0.05) is 21.5 Å². The smallest absolute Gasteiger partial charge is 0.370 e. The third-order valence-electron chi connectivity index (χ3n) is 13.0. The van der Waals surface area contributed by atoms with E-state index in [0.717, 1.165) is 69.2 Å². The van der Waals surface area contributed by atoms with Gasteiger partial charge in [0.05, 0.1) is 18.1 Å². The van der Waals surface area contributed by atoms with Crippen molar-refractivity contribution in [3.63, 3.8) is 0 Å². The maximum absolute atomic E-state index is 14.2. The first-order valence-corrected chi connectivity index (χ1v) is 24.6. The fourth-order valence-corrected chi connectivity index (χ4v) is 13.0. The van der Waals surface area contributed by atoms with E-state index < -0.39 is 79.6 Å². The quantitative estimate of drug-likeness (QED) is 0.246. The minimum Gasteiger partial charge on any atom is -0.370 e. The Balaban J connectivity index is 0.000000185. The van der Waals surface area contributed by atoms with Crippen LogP contribution in [0.1, 0.15) is 41.7 Å². The van der Waals surface area contributed by atoms with E-state index in [0.29, 0.717) is 58.7 Å². The first-order valence-electron chi connectivity index (χ1n) is 21.2. The molecule has 9 rings (SSSR count). The number of hydrogen-bond acceptors (Lipinski definition) is 10. The van der Waals surface area contributed by atoms with E-state index in [1.165, 1.54) is 18.4 Å². The number of aryl methyl sites for hydroxylation is 1. The number of nitrogens with two attached hydrogens (primary N) is 2. The van der Waals surface area contributed by atoms with Gasteiger partial charge in [0.25, 0.3) is 10.0 Å². The predicted octanol–water partition coefficient (Wildman–Crippen LogP) is 4.90. The Morgan fingerprint density at radius 1 is 0.667 bits per heavy atom. The number of sulfonamides is 1. The molecule has 4 N–H and O–H groups in total. The first kappa shape index (κ1) is 48.2. The van der Waals surface area contributed by atoms with Gasteiger partial charge in [-0.3, -0.25) is 14.6 Å². The highest BCUT2D eigenvalue weighted by atomic mass is 32.3. The number of nitrogens with zero attached hydrogens (tertiary/aromatic N) is 5. The van der Waals surface area contributed by atoms with Gasteiger partial charge in [-0.05, 0) is 90.6 Å². The molecule has 2 fully saturated rings. The second kappa shape index (κ2) is 18.7. The van der Waals surface area contributed by atoms with Crippen LogP contribution in [0.2, 0.25) is 0 Å². The van der Waals surface area contributed by atoms with Crippen molar-refractivity contribution in [2.75, 3.05) is 71.8 Å². The van der Waals surface area contributed by atoms with Crippen molar-refractivity contribution in [1.82, 2.24) is 19.0 Å². The van der Waals surface area contributed by atoms with Gasteiger partial charge >= 0.3 is 12.1 Å². The fourth-order valence-electron chi connectivity index (χ4n) is 9.55. The zero-order valence-corrected chi connectivity index (χ0v) is 37.7. The highest BCUT2D eigenvalue weighted by Crippen LogP contribution is 2.37. The van der Waals surface area contributed by atoms with Gasteiger partial charge in [-0.2, -0.15) is 21.6 Å². The van der Waals surface area contributed by atoms with Gasteiger partial charge in [-0.25, -0.2) is 26.1 Å². The van der Waals surface area contributed by atoms with Gasteiger partial charge < -0.3 is 25.8 Å². The summed E-state index contributed by atoms with van der Waals surface area (Å²) in [6.45, 7) is 5.23. The van der Waals surface area contributed by atoms with Crippen LogP contribution in [0.3, 0.4) is 0 Å². The molecule has 3 aromatic carbocycles. The van der Waals surface area contributed by atoms with Crippen molar-refractivity contribution in [3.05, 3.63) is 123 Å². The lowest BCUT2D eigenvalue weighted by Crippen LogP contribution is -2.50. The molecular formula is C44H50F7N7O6S2. The van der Waals surface area contributed by atoms with E-state index >= 15 is 0 Å². The van der Waals surface area contributed by atoms with Gasteiger partial charge in [-0.15, -0.1) is 0 Å². The minimum absolute atomic E-state index is 0.000458. The normalized spacial score (nSPS) is 27.4. The number of ether oxygens (including phenoxy) is 2. The molecule has 2 saturated heterocycles. The second-order valence-electron chi connectivity index (χ2n) is 17.8. The summed E-state index contributed by atoms with van der Waals surface area (Å²) in [5.74, 6) is -4.05. The van der Waals surface area contributed by atoms with Crippen molar-refractivity contribution in [2.24, 2.45) is 15.2 Å². The Kier molecular flexibility index (Phi) is 13.6. The van der Waals surface area contributed by atoms with Crippen LogP contribution in [0, 0.1) is 30.2 Å². The third kappa shape index (κ3) is 10.3. The second-order valence-corrected chi connectivity index (χ2v) is 21.8. The number of amides is 1. The van der Waals surface area contributed by atoms with Gasteiger partial charge in [0, 0.05) is 93.9 Å². The minimum atomic E-state index is -4.87. The SMILES string of the molecule is Cc1ccc(S(=O)(=O)N=S(C)(=O)N2CC3=C(CN([C@H]4CO[C@H](c5cc(F)ccc5F)[C@@H](N)C4)C3)C2)cc1.N[C@H]1C[C@@H](N2CC3=C(CN(C(=O)C(F)(F)F)C3)C2)CO[C@@H]1c1cc(F)ccc1F. The molecule has 0 spiro atoms. The van der Waals surface area contributed by atoms with Crippen molar-refractivity contribution in [3.8, 4) is 0 Å². The number of carbonyl (C=O) groups excluding carboxylic acids is 1. The average Bonchev–Trinajstić information content (AvgIpc) is 4.03. The molecule has 13 nitrogen and oxygen atoms in total. The molecule has 1 unspecified atom stereocenters. The summed E-state index contributed by atoms with van der Waals surface area (Å²) < 4.78 is 149. The van der Waals surface area contributed by atoms with Crippen molar-refractivity contribution < 1.29 is 57.6 Å². The Bertz CT molecular complexity index is 2640. The van der Waals surface area contributed by atoms with Crippen LogP contribution < -0.4 is 11.5 Å². The monoisotopic (exact) mass is 969 g/mol. The number of benzene rings is 3. The van der Waals surface area contributed by atoms with Crippen molar-refractivity contribution in [1.29, 1.82) is 0 Å². The van der Waals surface area contributed by atoms with Crippen LogP contribution in [-0.2, 0) is 34.2 Å². The molecule has 1 amide bonds. The van der Waals surface area contributed by atoms with Crippen LogP contribution in [0.4, 0.5) is 30.7 Å². The number of rotatable bonds is 7. The molecule has 6 aliphatic heterocycles. The molecule has 6 heterocycles.